The number of hydrogen-bond donors (Lipinski definition) is 1. The van der Waals surface area contributed by atoms with Crippen molar-refractivity contribution in [2.24, 2.45) is 0 Å². The van der Waals surface area contributed by atoms with E-state index >= 15 is 0 Å². The zero-order valence-electron chi connectivity index (χ0n) is 10.8. The highest BCUT2D eigenvalue weighted by atomic mass is 16.5. The van der Waals surface area contributed by atoms with Crippen molar-refractivity contribution in [3.05, 3.63) is 17.8 Å². The predicted molar refractivity (Wildman–Crippen MR) is 70.4 cm³/mol. The van der Waals surface area contributed by atoms with Gasteiger partial charge in [-0.05, 0) is 37.8 Å². The maximum absolute atomic E-state index is 6.04. The molecule has 96 valence electrons. The van der Waals surface area contributed by atoms with Gasteiger partial charge in [-0.25, -0.2) is 9.97 Å². The van der Waals surface area contributed by atoms with Gasteiger partial charge < -0.3 is 10.5 Å². The fourth-order valence-electron chi connectivity index (χ4n) is 2.83. The number of fused-ring (bicyclic) bond motifs is 1. The molecule has 0 saturated heterocycles. The molecule has 5 heteroatoms. The Morgan fingerprint density at radius 3 is 3.00 bits per heavy atom. The smallest absolute Gasteiger partial charge is 0.202 e. The molecule has 2 unspecified atom stereocenters. The van der Waals surface area contributed by atoms with Gasteiger partial charge in [0.2, 0.25) is 5.95 Å². The number of aryl methyl sites for hydroxylation is 1. The second-order valence-electron chi connectivity index (χ2n) is 5.02. The van der Waals surface area contributed by atoms with E-state index in [9.17, 15) is 0 Å². The van der Waals surface area contributed by atoms with Gasteiger partial charge in [0.05, 0.1) is 6.10 Å². The van der Waals surface area contributed by atoms with Crippen LogP contribution in [0.3, 0.4) is 0 Å². The van der Waals surface area contributed by atoms with Crippen LogP contribution >= 0.6 is 0 Å². The molecular formula is C13H18N4O. The molecule has 0 bridgehead atoms. The van der Waals surface area contributed by atoms with Crippen LogP contribution in [0.2, 0.25) is 0 Å². The number of nitrogens with zero attached hydrogens (tertiary/aromatic N) is 3. The van der Waals surface area contributed by atoms with Crippen molar-refractivity contribution in [3.8, 4) is 0 Å². The number of nitrogen functional groups attached to an aromatic ring is 1. The monoisotopic (exact) mass is 246 g/mol. The Bertz CT molecular complexity index is 578. The van der Waals surface area contributed by atoms with Crippen LogP contribution in [-0.4, -0.2) is 27.7 Å². The molecule has 1 fully saturated rings. The van der Waals surface area contributed by atoms with Crippen molar-refractivity contribution in [2.45, 2.75) is 38.3 Å². The lowest BCUT2D eigenvalue weighted by atomic mass is 10.2. The van der Waals surface area contributed by atoms with E-state index in [1.165, 1.54) is 0 Å². The third kappa shape index (κ3) is 1.75. The number of imidazole rings is 1. The summed E-state index contributed by atoms with van der Waals surface area (Å²) in [5.41, 5.74) is 8.92. The summed E-state index contributed by atoms with van der Waals surface area (Å²) in [5, 5.41) is 0. The molecule has 0 amide bonds. The SMILES string of the molecule is COC1CCC(n2c(N)nc3cc(C)cnc32)C1. The van der Waals surface area contributed by atoms with Crippen LogP contribution < -0.4 is 5.73 Å². The minimum atomic E-state index is 0.331. The summed E-state index contributed by atoms with van der Waals surface area (Å²) in [6, 6.07) is 2.38. The van der Waals surface area contributed by atoms with Gasteiger partial charge in [0.15, 0.2) is 5.65 Å². The van der Waals surface area contributed by atoms with Crippen LogP contribution in [0.15, 0.2) is 12.3 Å². The molecule has 1 aliphatic carbocycles. The van der Waals surface area contributed by atoms with Gasteiger partial charge in [0, 0.05) is 19.3 Å². The van der Waals surface area contributed by atoms with Crippen molar-refractivity contribution < 1.29 is 4.74 Å². The second-order valence-corrected chi connectivity index (χ2v) is 5.02. The number of rotatable bonds is 2. The van der Waals surface area contributed by atoms with Gasteiger partial charge in [-0.1, -0.05) is 0 Å². The third-order valence-electron chi connectivity index (χ3n) is 3.75. The zero-order valence-corrected chi connectivity index (χ0v) is 10.8. The minimum absolute atomic E-state index is 0.331. The van der Waals surface area contributed by atoms with Crippen LogP contribution in [0.4, 0.5) is 5.95 Å². The van der Waals surface area contributed by atoms with E-state index in [-0.39, 0.29) is 0 Å². The van der Waals surface area contributed by atoms with Crippen molar-refractivity contribution in [3.63, 3.8) is 0 Å². The van der Waals surface area contributed by atoms with E-state index in [4.69, 9.17) is 10.5 Å². The molecule has 0 aliphatic heterocycles. The standard InChI is InChI=1S/C13H18N4O/c1-8-5-11-12(15-7-8)17(13(14)16-11)9-3-4-10(6-9)18-2/h5,7,9-10H,3-4,6H2,1-2H3,(H2,14,16). The van der Waals surface area contributed by atoms with Gasteiger partial charge in [0.1, 0.15) is 5.52 Å². The summed E-state index contributed by atoms with van der Waals surface area (Å²) < 4.78 is 7.48. The fourth-order valence-corrected chi connectivity index (χ4v) is 2.83. The maximum Gasteiger partial charge on any atom is 0.202 e. The first-order valence-corrected chi connectivity index (χ1v) is 6.32. The molecule has 2 heterocycles. The molecule has 1 aliphatic rings. The molecule has 18 heavy (non-hydrogen) atoms. The normalized spacial score (nSPS) is 23.9. The Kier molecular flexibility index (Phi) is 2.70. The summed E-state index contributed by atoms with van der Waals surface area (Å²) in [7, 11) is 1.77. The summed E-state index contributed by atoms with van der Waals surface area (Å²) in [6.45, 7) is 2.01. The molecule has 0 aromatic carbocycles. The van der Waals surface area contributed by atoms with Crippen molar-refractivity contribution >= 4 is 17.1 Å². The number of nitrogens with two attached hydrogens (primary N) is 1. The quantitative estimate of drug-likeness (QED) is 0.880. The van der Waals surface area contributed by atoms with Gasteiger partial charge in [0.25, 0.3) is 0 Å². The van der Waals surface area contributed by atoms with E-state index in [2.05, 4.69) is 14.5 Å². The summed E-state index contributed by atoms with van der Waals surface area (Å²) in [4.78, 5) is 8.88. The van der Waals surface area contributed by atoms with Crippen molar-refractivity contribution in [2.75, 3.05) is 12.8 Å². The van der Waals surface area contributed by atoms with E-state index in [1.54, 1.807) is 7.11 Å². The number of pyridine rings is 1. The predicted octanol–water partition coefficient (Wildman–Crippen LogP) is 2.06. The number of methoxy groups -OCH3 is 1. The molecule has 5 nitrogen and oxygen atoms in total. The average molecular weight is 246 g/mol. The molecule has 2 atom stereocenters. The number of anilines is 1. The first kappa shape index (κ1) is 11.5. The topological polar surface area (TPSA) is 66.0 Å². The molecule has 3 rings (SSSR count). The summed E-state index contributed by atoms with van der Waals surface area (Å²) in [5.74, 6) is 0.560. The molecule has 2 N–H and O–H groups in total. The average Bonchev–Trinajstić information content (AvgIpc) is 2.91. The van der Waals surface area contributed by atoms with Crippen molar-refractivity contribution in [1.29, 1.82) is 0 Å². The number of hydrogen-bond acceptors (Lipinski definition) is 4. The van der Waals surface area contributed by atoms with Crippen LogP contribution in [0.25, 0.3) is 11.2 Å². The highest BCUT2D eigenvalue weighted by Gasteiger charge is 2.28. The zero-order chi connectivity index (χ0) is 12.7. The van der Waals surface area contributed by atoms with E-state index in [0.29, 0.717) is 18.1 Å². The molecule has 0 radical (unpaired) electrons. The Labute approximate surface area is 106 Å². The Morgan fingerprint density at radius 1 is 1.44 bits per heavy atom. The third-order valence-corrected chi connectivity index (χ3v) is 3.75. The Hall–Kier alpha value is -1.62. The van der Waals surface area contributed by atoms with E-state index in [0.717, 1.165) is 36.0 Å². The maximum atomic E-state index is 6.04. The lowest BCUT2D eigenvalue weighted by Gasteiger charge is -2.14. The molecule has 2 aromatic rings. The lowest BCUT2D eigenvalue weighted by Crippen LogP contribution is -2.11. The second kappa shape index (κ2) is 4.24. The lowest BCUT2D eigenvalue weighted by molar-refractivity contribution is 0.106. The molecule has 0 spiro atoms. The van der Waals surface area contributed by atoms with Gasteiger partial charge in [-0.3, -0.25) is 4.57 Å². The van der Waals surface area contributed by atoms with Crippen molar-refractivity contribution in [1.82, 2.24) is 14.5 Å². The Balaban J connectivity index is 2.04. The first-order chi connectivity index (χ1) is 8.69. The Morgan fingerprint density at radius 2 is 2.28 bits per heavy atom. The highest BCUT2D eigenvalue weighted by molar-refractivity contribution is 5.74. The highest BCUT2D eigenvalue weighted by Crippen LogP contribution is 2.35. The van der Waals surface area contributed by atoms with Crippen LogP contribution in [0.1, 0.15) is 30.9 Å². The number of ether oxygens (including phenoxy) is 1. The van der Waals surface area contributed by atoms with Crippen LogP contribution in [0, 0.1) is 6.92 Å². The fraction of sp³-hybridized carbons (Fsp3) is 0.538. The van der Waals surface area contributed by atoms with Crippen LogP contribution in [-0.2, 0) is 4.74 Å². The van der Waals surface area contributed by atoms with E-state index < -0.39 is 0 Å². The van der Waals surface area contributed by atoms with E-state index in [1.807, 2.05) is 19.2 Å². The molecular weight excluding hydrogens is 228 g/mol. The number of aromatic nitrogens is 3. The minimum Gasteiger partial charge on any atom is -0.381 e. The largest absolute Gasteiger partial charge is 0.381 e. The summed E-state index contributed by atoms with van der Waals surface area (Å²) >= 11 is 0. The van der Waals surface area contributed by atoms with Gasteiger partial charge in [-0.15, -0.1) is 0 Å². The van der Waals surface area contributed by atoms with Crippen LogP contribution in [0.5, 0.6) is 0 Å². The summed E-state index contributed by atoms with van der Waals surface area (Å²) in [6.07, 6.45) is 5.33. The molecule has 1 saturated carbocycles. The van der Waals surface area contributed by atoms with Gasteiger partial charge in [-0.2, -0.15) is 0 Å². The first-order valence-electron chi connectivity index (χ1n) is 6.32. The van der Waals surface area contributed by atoms with Gasteiger partial charge >= 0.3 is 0 Å². The molecule has 2 aromatic heterocycles.